The van der Waals surface area contributed by atoms with Gasteiger partial charge in [-0.2, -0.15) is 0 Å². The first-order chi connectivity index (χ1) is 5.17. The molecule has 0 heterocycles. The maximum atomic E-state index is 3.90. The molecule has 0 aromatic heterocycles. The number of likely N-dealkylation sites (N-methyl/N-ethyl adjacent to an activating group) is 3. The third kappa shape index (κ3) is 2.91. The molecule has 2 unspecified atom stereocenters. The second-order valence-electron chi connectivity index (χ2n) is 2.62. The molecule has 3 N–H and O–H groups in total. The molecule has 0 fully saturated rings. The van der Waals surface area contributed by atoms with E-state index >= 15 is 0 Å². The summed E-state index contributed by atoms with van der Waals surface area (Å²) in [7, 11) is 5.76. The van der Waals surface area contributed by atoms with Crippen LogP contribution in [-0.2, 0) is 0 Å². The molecule has 11 heavy (non-hydrogen) atoms. The van der Waals surface area contributed by atoms with E-state index in [1.807, 2.05) is 21.1 Å². The summed E-state index contributed by atoms with van der Waals surface area (Å²) >= 11 is 0. The van der Waals surface area contributed by atoms with Gasteiger partial charge in [0.2, 0.25) is 0 Å². The lowest BCUT2D eigenvalue weighted by Crippen LogP contribution is -2.46. The van der Waals surface area contributed by atoms with Crippen molar-refractivity contribution in [3.8, 4) is 0 Å². The lowest BCUT2D eigenvalue weighted by molar-refractivity contribution is 0.464. The second-order valence-corrected chi connectivity index (χ2v) is 2.62. The van der Waals surface area contributed by atoms with Crippen molar-refractivity contribution in [1.82, 2.24) is 16.0 Å². The monoisotopic (exact) mass is 157 g/mol. The zero-order chi connectivity index (χ0) is 8.85. The molecular weight excluding hydrogens is 138 g/mol. The Hall–Kier alpha value is -0.540. The van der Waals surface area contributed by atoms with Crippen LogP contribution < -0.4 is 16.0 Å². The zero-order valence-corrected chi connectivity index (χ0v) is 7.86. The van der Waals surface area contributed by atoms with Crippen molar-refractivity contribution in [2.24, 2.45) is 0 Å². The predicted molar refractivity (Wildman–Crippen MR) is 49.6 cm³/mol. The molecule has 0 aromatic rings. The first-order valence-corrected chi connectivity index (χ1v) is 3.88. The Kier molecular flexibility index (Phi) is 4.90. The fourth-order valence-electron chi connectivity index (χ4n) is 1.05. The quantitative estimate of drug-likeness (QED) is 0.522. The first kappa shape index (κ1) is 10.5. The molecule has 0 aliphatic heterocycles. The molecule has 0 spiro atoms. The second kappa shape index (κ2) is 5.16. The molecule has 0 aliphatic carbocycles. The fraction of sp³-hybridized carbons (Fsp3) is 0.750. The summed E-state index contributed by atoms with van der Waals surface area (Å²) < 4.78 is 0. The minimum absolute atomic E-state index is 0.282. The minimum atomic E-state index is 0.282. The van der Waals surface area contributed by atoms with Gasteiger partial charge in [-0.05, 0) is 21.0 Å². The van der Waals surface area contributed by atoms with E-state index in [9.17, 15) is 0 Å². The Bertz CT molecular complexity index is 123. The van der Waals surface area contributed by atoms with Crippen molar-refractivity contribution in [2.75, 3.05) is 21.1 Å². The van der Waals surface area contributed by atoms with Gasteiger partial charge in [-0.3, -0.25) is 0 Å². The van der Waals surface area contributed by atoms with Crippen LogP contribution in [0.1, 0.15) is 6.92 Å². The van der Waals surface area contributed by atoms with Gasteiger partial charge in [0.05, 0.1) is 6.04 Å². The molecule has 0 bridgehead atoms. The number of rotatable bonds is 5. The normalized spacial score (nSPS) is 15.6. The van der Waals surface area contributed by atoms with Crippen LogP contribution in [0.5, 0.6) is 0 Å². The SMILES string of the molecule is C=C(NC)C(NC)C(C)NC. The highest BCUT2D eigenvalue weighted by molar-refractivity contribution is 5.05. The van der Waals surface area contributed by atoms with Gasteiger partial charge < -0.3 is 16.0 Å². The average molecular weight is 157 g/mol. The van der Waals surface area contributed by atoms with Gasteiger partial charge in [-0.25, -0.2) is 0 Å². The molecule has 0 amide bonds. The van der Waals surface area contributed by atoms with Gasteiger partial charge in [0.25, 0.3) is 0 Å². The summed E-state index contributed by atoms with van der Waals surface area (Å²) in [6, 6.07) is 0.671. The molecular formula is C8H19N3. The maximum absolute atomic E-state index is 3.90. The molecule has 3 heteroatoms. The maximum Gasteiger partial charge on any atom is 0.0613 e. The average Bonchev–Trinajstić information content (AvgIpc) is 2.05. The molecule has 0 saturated carbocycles. The van der Waals surface area contributed by atoms with Crippen LogP contribution in [-0.4, -0.2) is 33.2 Å². The molecule has 0 rings (SSSR count). The molecule has 3 nitrogen and oxygen atoms in total. The highest BCUT2D eigenvalue weighted by Crippen LogP contribution is 1.99. The summed E-state index contributed by atoms with van der Waals surface area (Å²) in [5, 5.41) is 9.38. The van der Waals surface area contributed by atoms with E-state index < -0.39 is 0 Å². The van der Waals surface area contributed by atoms with Crippen LogP contribution in [0.3, 0.4) is 0 Å². The van der Waals surface area contributed by atoms with Crippen molar-refractivity contribution in [1.29, 1.82) is 0 Å². The van der Waals surface area contributed by atoms with E-state index in [4.69, 9.17) is 0 Å². The molecule has 0 aromatic carbocycles. The number of nitrogens with one attached hydrogen (secondary N) is 3. The minimum Gasteiger partial charge on any atom is -0.391 e. The predicted octanol–water partition coefficient (Wildman–Crippen LogP) is -0.0846. The van der Waals surface area contributed by atoms with Crippen LogP contribution >= 0.6 is 0 Å². The Morgan fingerprint density at radius 3 is 2.00 bits per heavy atom. The van der Waals surface area contributed by atoms with Gasteiger partial charge in [0.15, 0.2) is 0 Å². The van der Waals surface area contributed by atoms with Gasteiger partial charge in [0, 0.05) is 18.8 Å². The van der Waals surface area contributed by atoms with E-state index in [0.717, 1.165) is 5.70 Å². The van der Waals surface area contributed by atoms with E-state index in [2.05, 4.69) is 29.5 Å². The Balaban J connectivity index is 4.03. The van der Waals surface area contributed by atoms with Crippen molar-refractivity contribution < 1.29 is 0 Å². The summed E-state index contributed by atoms with van der Waals surface area (Å²) in [6.07, 6.45) is 0. The summed E-state index contributed by atoms with van der Waals surface area (Å²) in [6.45, 7) is 6.01. The summed E-state index contributed by atoms with van der Waals surface area (Å²) in [4.78, 5) is 0. The molecule has 0 radical (unpaired) electrons. The number of hydrogen-bond donors (Lipinski definition) is 3. The molecule has 2 atom stereocenters. The van der Waals surface area contributed by atoms with E-state index in [-0.39, 0.29) is 6.04 Å². The molecule has 0 aliphatic rings. The highest BCUT2D eigenvalue weighted by atomic mass is 15.0. The molecule has 0 saturated heterocycles. The summed E-state index contributed by atoms with van der Waals surface area (Å²) in [5.74, 6) is 0. The topological polar surface area (TPSA) is 36.1 Å². The molecule has 66 valence electrons. The van der Waals surface area contributed by atoms with Gasteiger partial charge in [-0.15, -0.1) is 0 Å². The van der Waals surface area contributed by atoms with E-state index in [1.54, 1.807) is 0 Å². The van der Waals surface area contributed by atoms with Gasteiger partial charge in [0.1, 0.15) is 0 Å². The Morgan fingerprint density at radius 1 is 1.18 bits per heavy atom. The first-order valence-electron chi connectivity index (χ1n) is 3.88. The van der Waals surface area contributed by atoms with Crippen LogP contribution in [0.4, 0.5) is 0 Å². The third-order valence-corrected chi connectivity index (χ3v) is 1.96. The Morgan fingerprint density at radius 2 is 1.73 bits per heavy atom. The van der Waals surface area contributed by atoms with Crippen LogP contribution in [0.15, 0.2) is 12.3 Å². The zero-order valence-electron chi connectivity index (χ0n) is 7.86. The highest BCUT2D eigenvalue weighted by Gasteiger charge is 2.14. The number of hydrogen-bond acceptors (Lipinski definition) is 3. The van der Waals surface area contributed by atoms with Crippen molar-refractivity contribution in [2.45, 2.75) is 19.0 Å². The van der Waals surface area contributed by atoms with Crippen LogP contribution in [0.25, 0.3) is 0 Å². The van der Waals surface area contributed by atoms with Crippen molar-refractivity contribution in [3.05, 3.63) is 12.3 Å². The summed E-state index contributed by atoms with van der Waals surface area (Å²) in [5.41, 5.74) is 1.01. The van der Waals surface area contributed by atoms with E-state index in [1.165, 1.54) is 0 Å². The smallest absolute Gasteiger partial charge is 0.0613 e. The largest absolute Gasteiger partial charge is 0.391 e. The van der Waals surface area contributed by atoms with Crippen molar-refractivity contribution >= 4 is 0 Å². The lowest BCUT2D eigenvalue weighted by atomic mass is 10.1. The Labute approximate surface area is 69.3 Å². The van der Waals surface area contributed by atoms with Crippen LogP contribution in [0, 0.1) is 0 Å². The fourth-order valence-corrected chi connectivity index (χ4v) is 1.05. The van der Waals surface area contributed by atoms with Crippen molar-refractivity contribution in [3.63, 3.8) is 0 Å². The lowest BCUT2D eigenvalue weighted by Gasteiger charge is -2.24. The van der Waals surface area contributed by atoms with Gasteiger partial charge >= 0.3 is 0 Å². The standard InChI is InChI=1S/C8H19N3/c1-6(9-3)8(11-5)7(2)10-4/h7-11H,1H2,2-5H3. The van der Waals surface area contributed by atoms with Gasteiger partial charge in [-0.1, -0.05) is 6.58 Å². The third-order valence-electron chi connectivity index (χ3n) is 1.96. The van der Waals surface area contributed by atoms with Crippen LogP contribution in [0.2, 0.25) is 0 Å². The van der Waals surface area contributed by atoms with E-state index in [0.29, 0.717) is 6.04 Å².